The van der Waals surface area contributed by atoms with Crippen LogP contribution in [0.15, 0.2) is 33.8 Å². The van der Waals surface area contributed by atoms with Gasteiger partial charge in [0.05, 0.1) is 12.9 Å². The first kappa shape index (κ1) is 16.1. The summed E-state index contributed by atoms with van der Waals surface area (Å²) in [4.78, 5) is 0. The third-order valence-corrected chi connectivity index (χ3v) is 5.16. The molecular weight excluding hydrogens is 338 g/mol. The van der Waals surface area contributed by atoms with Crippen molar-refractivity contribution in [3.63, 3.8) is 0 Å². The van der Waals surface area contributed by atoms with Gasteiger partial charge in [0.25, 0.3) is 0 Å². The Hall–Kier alpha value is -2.35. The third-order valence-electron chi connectivity index (χ3n) is 4.20. The summed E-state index contributed by atoms with van der Waals surface area (Å²) >= 11 is 1.59. The fourth-order valence-electron chi connectivity index (χ4n) is 2.85. The summed E-state index contributed by atoms with van der Waals surface area (Å²) in [5.41, 5.74) is 0.876. The first-order valence-corrected chi connectivity index (χ1v) is 9.34. The van der Waals surface area contributed by atoms with E-state index in [1.807, 2.05) is 24.3 Å². The minimum absolute atomic E-state index is 0.512. The topological polar surface area (TPSA) is 78.9 Å². The molecule has 7 nitrogen and oxygen atoms in total. The highest BCUT2D eigenvalue weighted by Crippen LogP contribution is 2.26. The van der Waals surface area contributed by atoms with Crippen molar-refractivity contribution in [2.24, 2.45) is 0 Å². The molecule has 0 saturated carbocycles. The van der Waals surface area contributed by atoms with Gasteiger partial charge in [-0.1, -0.05) is 18.2 Å². The molecule has 1 aromatic carbocycles. The number of methoxy groups -OCH3 is 1. The van der Waals surface area contributed by atoms with Crippen molar-refractivity contribution in [2.75, 3.05) is 7.11 Å². The van der Waals surface area contributed by atoms with Gasteiger partial charge in [0, 0.05) is 18.5 Å². The van der Waals surface area contributed by atoms with E-state index < -0.39 is 0 Å². The van der Waals surface area contributed by atoms with E-state index in [0.717, 1.165) is 35.3 Å². The van der Waals surface area contributed by atoms with E-state index >= 15 is 0 Å². The Morgan fingerprint density at radius 3 is 2.80 bits per heavy atom. The maximum atomic E-state index is 5.77. The molecule has 0 atom stereocenters. The summed E-state index contributed by atoms with van der Waals surface area (Å²) in [5, 5.41) is 17.8. The maximum Gasteiger partial charge on any atom is 0.247 e. The summed E-state index contributed by atoms with van der Waals surface area (Å²) in [6, 6.07) is 7.56. The number of hydrogen-bond donors (Lipinski definition) is 0. The zero-order valence-electron chi connectivity index (χ0n) is 14.0. The molecule has 130 valence electrons. The normalized spacial score (nSPS) is 14.1. The highest BCUT2D eigenvalue weighted by Gasteiger charge is 2.16. The molecule has 8 heteroatoms. The van der Waals surface area contributed by atoms with E-state index in [1.54, 1.807) is 18.9 Å². The van der Waals surface area contributed by atoms with Crippen molar-refractivity contribution >= 4 is 11.8 Å². The average Bonchev–Trinajstić information content (AvgIpc) is 3.21. The van der Waals surface area contributed by atoms with E-state index in [4.69, 9.17) is 9.15 Å². The molecule has 0 fully saturated rings. The van der Waals surface area contributed by atoms with Crippen LogP contribution < -0.4 is 4.74 Å². The Morgan fingerprint density at radius 2 is 1.96 bits per heavy atom. The molecule has 1 aliphatic rings. The number of aromatic nitrogens is 5. The van der Waals surface area contributed by atoms with E-state index in [9.17, 15) is 0 Å². The van der Waals surface area contributed by atoms with Gasteiger partial charge in [0.1, 0.15) is 11.6 Å². The predicted octanol–water partition coefficient (Wildman–Crippen LogP) is 3.36. The van der Waals surface area contributed by atoms with E-state index in [0.29, 0.717) is 17.5 Å². The SMILES string of the molecule is COc1ccc(-c2nnc(CSc3nnc4n3CCCCC4)o2)cc1. The number of hydrogen-bond acceptors (Lipinski definition) is 7. The number of ether oxygens (including phenoxy) is 1. The van der Waals surface area contributed by atoms with Gasteiger partial charge >= 0.3 is 0 Å². The summed E-state index contributed by atoms with van der Waals surface area (Å²) in [6.45, 7) is 0.992. The van der Waals surface area contributed by atoms with Crippen LogP contribution in [0.5, 0.6) is 5.75 Å². The molecule has 4 rings (SSSR count). The fraction of sp³-hybridized carbons (Fsp3) is 0.412. The zero-order chi connectivity index (χ0) is 17.1. The Balaban J connectivity index is 1.44. The predicted molar refractivity (Wildman–Crippen MR) is 93.4 cm³/mol. The lowest BCUT2D eigenvalue weighted by Crippen LogP contribution is -2.02. The largest absolute Gasteiger partial charge is 0.497 e. The van der Waals surface area contributed by atoms with Crippen LogP contribution in [0.1, 0.15) is 31.0 Å². The van der Waals surface area contributed by atoms with Crippen molar-refractivity contribution in [1.82, 2.24) is 25.0 Å². The standard InChI is InChI=1S/C17H19N5O2S/c1-23-13-8-6-12(7-9-13)16-20-19-15(24-16)11-25-17-21-18-14-5-3-2-4-10-22(14)17/h6-9H,2-5,10-11H2,1H3. The van der Waals surface area contributed by atoms with Gasteiger partial charge in [-0.2, -0.15) is 0 Å². The summed E-state index contributed by atoms with van der Waals surface area (Å²) in [7, 11) is 1.64. The molecule has 2 aromatic heterocycles. The molecule has 0 amide bonds. The molecule has 0 N–H and O–H groups in total. The van der Waals surface area contributed by atoms with Gasteiger partial charge in [-0.3, -0.25) is 0 Å². The van der Waals surface area contributed by atoms with Crippen molar-refractivity contribution < 1.29 is 9.15 Å². The molecular formula is C17H19N5O2S. The summed E-state index contributed by atoms with van der Waals surface area (Å²) in [6.07, 6.45) is 4.64. The molecule has 3 heterocycles. The van der Waals surface area contributed by atoms with Crippen molar-refractivity contribution in [1.29, 1.82) is 0 Å². The molecule has 25 heavy (non-hydrogen) atoms. The molecule has 0 saturated heterocycles. The highest BCUT2D eigenvalue weighted by molar-refractivity contribution is 7.98. The Bertz CT molecular complexity index is 843. The zero-order valence-corrected chi connectivity index (χ0v) is 14.8. The minimum Gasteiger partial charge on any atom is -0.497 e. The smallest absolute Gasteiger partial charge is 0.247 e. The van der Waals surface area contributed by atoms with E-state index in [-0.39, 0.29) is 0 Å². The van der Waals surface area contributed by atoms with Crippen LogP contribution in [0.2, 0.25) is 0 Å². The quantitative estimate of drug-likeness (QED) is 0.648. The third kappa shape index (κ3) is 3.53. The molecule has 1 aliphatic heterocycles. The monoisotopic (exact) mass is 357 g/mol. The second-order valence-electron chi connectivity index (χ2n) is 5.88. The molecule has 0 unspecified atom stereocenters. The highest BCUT2D eigenvalue weighted by atomic mass is 32.2. The van der Waals surface area contributed by atoms with Crippen molar-refractivity contribution in [3.8, 4) is 17.2 Å². The lowest BCUT2D eigenvalue weighted by molar-refractivity contribution is 0.415. The molecule has 0 aliphatic carbocycles. The number of rotatable bonds is 5. The van der Waals surface area contributed by atoms with Gasteiger partial charge in [-0.25, -0.2) is 0 Å². The van der Waals surface area contributed by atoms with Crippen LogP contribution in [-0.2, 0) is 18.7 Å². The molecule has 3 aromatic rings. The van der Waals surface area contributed by atoms with Crippen LogP contribution in [-0.4, -0.2) is 32.1 Å². The van der Waals surface area contributed by atoms with Crippen LogP contribution >= 0.6 is 11.8 Å². The average molecular weight is 357 g/mol. The van der Waals surface area contributed by atoms with Crippen LogP contribution in [0.3, 0.4) is 0 Å². The first-order chi connectivity index (χ1) is 12.3. The minimum atomic E-state index is 0.512. The second kappa shape index (κ2) is 7.26. The number of nitrogens with zero attached hydrogens (tertiary/aromatic N) is 5. The molecule has 0 spiro atoms. The molecule has 0 bridgehead atoms. The van der Waals surface area contributed by atoms with Crippen LogP contribution in [0, 0.1) is 0 Å². The lowest BCUT2D eigenvalue weighted by atomic mass is 10.2. The molecule has 0 radical (unpaired) electrons. The van der Waals surface area contributed by atoms with Crippen LogP contribution in [0.4, 0.5) is 0 Å². The number of benzene rings is 1. The number of fused-ring (bicyclic) bond motifs is 1. The van der Waals surface area contributed by atoms with Gasteiger partial charge in [0.15, 0.2) is 5.16 Å². The number of thioether (sulfide) groups is 1. The Labute approximate surface area is 149 Å². The summed E-state index contributed by atoms with van der Waals surface area (Å²) in [5.74, 6) is 3.57. The van der Waals surface area contributed by atoms with Crippen molar-refractivity contribution in [2.45, 2.75) is 43.1 Å². The van der Waals surface area contributed by atoms with E-state index in [1.165, 1.54) is 19.3 Å². The van der Waals surface area contributed by atoms with Gasteiger partial charge in [0.2, 0.25) is 11.8 Å². The lowest BCUT2D eigenvalue weighted by Gasteiger charge is -2.04. The van der Waals surface area contributed by atoms with E-state index in [2.05, 4.69) is 25.0 Å². The van der Waals surface area contributed by atoms with Crippen molar-refractivity contribution in [3.05, 3.63) is 36.0 Å². The summed E-state index contributed by atoms with van der Waals surface area (Å²) < 4.78 is 13.1. The Morgan fingerprint density at radius 1 is 1.08 bits per heavy atom. The first-order valence-electron chi connectivity index (χ1n) is 8.35. The van der Waals surface area contributed by atoms with Gasteiger partial charge in [-0.05, 0) is 37.1 Å². The Kier molecular flexibility index (Phi) is 4.69. The van der Waals surface area contributed by atoms with Gasteiger partial charge < -0.3 is 13.7 Å². The second-order valence-corrected chi connectivity index (χ2v) is 6.82. The number of aryl methyl sites for hydroxylation is 1. The maximum absolute atomic E-state index is 5.77. The van der Waals surface area contributed by atoms with Crippen LogP contribution in [0.25, 0.3) is 11.5 Å². The fourth-order valence-corrected chi connectivity index (χ4v) is 3.67. The van der Waals surface area contributed by atoms with Gasteiger partial charge in [-0.15, -0.1) is 20.4 Å².